The Hall–Kier alpha value is -3.56. The van der Waals surface area contributed by atoms with E-state index in [2.05, 4.69) is 20.4 Å². The van der Waals surface area contributed by atoms with Gasteiger partial charge in [-0.25, -0.2) is 9.37 Å². The molecule has 4 aromatic rings. The lowest BCUT2D eigenvalue weighted by molar-refractivity contribution is -0.130. The van der Waals surface area contributed by atoms with Crippen molar-refractivity contribution in [1.82, 2.24) is 30.0 Å². The fourth-order valence-corrected chi connectivity index (χ4v) is 4.48. The van der Waals surface area contributed by atoms with Crippen LogP contribution in [0.25, 0.3) is 33.2 Å². The summed E-state index contributed by atoms with van der Waals surface area (Å²) in [5.41, 5.74) is 9.00. The number of nitrogens with zero attached hydrogens (tertiary/aromatic N) is 5. The molecule has 0 aliphatic carbocycles. The zero-order chi connectivity index (χ0) is 24.0. The number of carbonyl (C=O) groups excluding carboxylic acids is 1. The van der Waals surface area contributed by atoms with Crippen molar-refractivity contribution in [3.8, 4) is 22.4 Å². The number of halogens is 2. The molecule has 1 unspecified atom stereocenters. The van der Waals surface area contributed by atoms with Crippen molar-refractivity contribution >= 4 is 34.1 Å². The molecule has 34 heavy (non-hydrogen) atoms. The number of pyridine rings is 2. The van der Waals surface area contributed by atoms with Crippen LogP contribution in [0.5, 0.6) is 0 Å². The Bertz CT molecular complexity index is 1400. The van der Waals surface area contributed by atoms with Gasteiger partial charge in [0.15, 0.2) is 0 Å². The molecule has 0 spiro atoms. The second-order valence-corrected chi connectivity index (χ2v) is 9.00. The zero-order valence-corrected chi connectivity index (χ0v) is 19.4. The minimum absolute atomic E-state index is 0.0603. The first-order valence-electron chi connectivity index (χ1n) is 10.8. The summed E-state index contributed by atoms with van der Waals surface area (Å²) in [4.78, 5) is 22.6. The van der Waals surface area contributed by atoms with Crippen LogP contribution in [-0.2, 0) is 4.79 Å². The Balaban J connectivity index is 1.44. The molecule has 0 radical (unpaired) electrons. The van der Waals surface area contributed by atoms with Gasteiger partial charge in [0.25, 0.3) is 0 Å². The van der Waals surface area contributed by atoms with Crippen molar-refractivity contribution in [3.63, 3.8) is 0 Å². The maximum Gasteiger partial charge on any atom is 0.239 e. The van der Waals surface area contributed by atoms with Crippen LogP contribution in [0.3, 0.4) is 0 Å². The minimum Gasteiger partial charge on any atom is -0.383 e. The number of hydrogen-bond donors (Lipinski definition) is 2. The third-order valence-corrected chi connectivity index (χ3v) is 6.47. The van der Waals surface area contributed by atoms with Gasteiger partial charge in [-0.3, -0.25) is 14.5 Å². The maximum absolute atomic E-state index is 14.1. The Morgan fingerprint density at radius 3 is 2.79 bits per heavy atom. The molecular formula is C24H23ClFN7O. The van der Waals surface area contributed by atoms with E-state index in [4.69, 9.17) is 17.3 Å². The number of anilines is 1. The average Bonchev–Trinajstić information content (AvgIpc) is 3.51. The average molecular weight is 480 g/mol. The van der Waals surface area contributed by atoms with Crippen molar-refractivity contribution in [3.05, 3.63) is 59.9 Å². The number of amides is 1. The molecule has 5 rings (SSSR count). The van der Waals surface area contributed by atoms with Gasteiger partial charge in [-0.05, 0) is 30.7 Å². The number of nitrogens with one attached hydrogen (secondary N) is 1. The van der Waals surface area contributed by atoms with E-state index < -0.39 is 0 Å². The summed E-state index contributed by atoms with van der Waals surface area (Å²) < 4.78 is 16.0. The molecule has 1 aromatic carbocycles. The number of likely N-dealkylation sites (N-methyl/N-ethyl adjacent to an activating group) is 1. The summed E-state index contributed by atoms with van der Waals surface area (Å²) in [6, 6.07) is 6.29. The van der Waals surface area contributed by atoms with Crippen molar-refractivity contribution in [2.45, 2.75) is 18.5 Å². The second kappa shape index (κ2) is 8.66. The fraction of sp³-hybridized carbons (Fsp3) is 0.250. The van der Waals surface area contributed by atoms with Crippen LogP contribution in [0.1, 0.15) is 12.5 Å². The highest BCUT2D eigenvalue weighted by Gasteiger charge is 2.31. The molecule has 1 saturated heterocycles. The number of rotatable bonds is 4. The first-order valence-corrected chi connectivity index (χ1v) is 11.2. The van der Waals surface area contributed by atoms with Crippen LogP contribution in [0.2, 0.25) is 5.02 Å². The van der Waals surface area contributed by atoms with E-state index in [0.717, 1.165) is 11.1 Å². The monoisotopic (exact) mass is 479 g/mol. The Morgan fingerprint density at radius 1 is 1.18 bits per heavy atom. The Morgan fingerprint density at radius 2 is 2.00 bits per heavy atom. The fourth-order valence-electron chi connectivity index (χ4n) is 4.26. The van der Waals surface area contributed by atoms with Crippen LogP contribution in [0.4, 0.5) is 10.2 Å². The number of nitrogens with two attached hydrogens (primary N) is 1. The van der Waals surface area contributed by atoms with Gasteiger partial charge in [0, 0.05) is 71.7 Å². The van der Waals surface area contributed by atoms with Crippen LogP contribution in [0, 0.1) is 5.82 Å². The maximum atomic E-state index is 14.1. The van der Waals surface area contributed by atoms with Gasteiger partial charge in [0.05, 0.1) is 24.0 Å². The summed E-state index contributed by atoms with van der Waals surface area (Å²) >= 11 is 6.29. The third kappa shape index (κ3) is 3.97. The Labute approximate surface area is 200 Å². The molecule has 2 atom stereocenters. The summed E-state index contributed by atoms with van der Waals surface area (Å²) in [5, 5.41) is 9.12. The Kier molecular flexibility index (Phi) is 5.66. The highest BCUT2D eigenvalue weighted by atomic mass is 35.5. The van der Waals surface area contributed by atoms with E-state index in [1.54, 1.807) is 37.5 Å². The quantitative estimate of drug-likeness (QED) is 0.464. The number of fused-ring (bicyclic) bond motifs is 1. The van der Waals surface area contributed by atoms with E-state index in [0.29, 0.717) is 45.8 Å². The van der Waals surface area contributed by atoms with Crippen LogP contribution >= 0.6 is 11.6 Å². The summed E-state index contributed by atoms with van der Waals surface area (Å²) in [5.74, 6) is -0.0210. The first-order chi connectivity index (χ1) is 16.3. The summed E-state index contributed by atoms with van der Waals surface area (Å²) in [6.07, 6.45) is 7.50. The number of nitrogen functional groups attached to an aromatic ring is 1. The number of carbonyl (C=O) groups is 1. The van der Waals surface area contributed by atoms with Gasteiger partial charge < -0.3 is 16.0 Å². The molecule has 10 heteroatoms. The number of aromatic nitrogens is 4. The van der Waals surface area contributed by atoms with Crippen LogP contribution in [-0.4, -0.2) is 57.2 Å². The van der Waals surface area contributed by atoms with E-state index in [-0.39, 0.29) is 23.8 Å². The van der Waals surface area contributed by atoms with Crippen molar-refractivity contribution in [2.24, 2.45) is 0 Å². The van der Waals surface area contributed by atoms with E-state index in [9.17, 15) is 9.18 Å². The lowest BCUT2D eigenvalue weighted by Gasteiger charge is -2.16. The van der Waals surface area contributed by atoms with Crippen molar-refractivity contribution in [1.29, 1.82) is 0 Å². The molecule has 4 heterocycles. The summed E-state index contributed by atoms with van der Waals surface area (Å²) in [7, 11) is 3.51. The normalized spacial score (nSPS) is 17.9. The molecular weight excluding hydrogens is 457 g/mol. The molecule has 1 amide bonds. The summed E-state index contributed by atoms with van der Waals surface area (Å²) in [6.45, 7) is 0.662. The largest absolute Gasteiger partial charge is 0.383 e. The standard InChI is InChI=1S/C24H23ClFN7O/c1-32(2)24(34)22-6-15(10-28-22)33-12-14(9-31-33)13-5-17(23(27)30-8-13)21-7-16-18(11-29-21)20(26)4-3-19(16)25/h3-5,7-9,11-12,15,22,28H,6,10H2,1-2H3,(H2,27,30)/t15?,22-/m0/s1. The predicted molar refractivity (Wildman–Crippen MR) is 130 cm³/mol. The second-order valence-electron chi connectivity index (χ2n) is 8.59. The SMILES string of the molecule is CN(C)C(=O)[C@@H]1CC(n2cc(-c3cnc(N)c(-c4cc5c(Cl)ccc(F)c5cn4)c3)cn2)CN1. The smallest absolute Gasteiger partial charge is 0.239 e. The van der Waals surface area contributed by atoms with Gasteiger partial charge in [-0.1, -0.05) is 11.6 Å². The molecule has 0 saturated carbocycles. The molecule has 0 bridgehead atoms. The number of hydrogen-bond acceptors (Lipinski definition) is 6. The van der Waals surface area contributed by atoms with E-state index >= 15 is 0 Å². The molecule has 1 aliphatic rings. The lowest BCUT2D eigenvalue weighted by Crippen LogP contribution is -2.39. The van der Waals surface area contributed by atoms with Crippen molar-refractivity contribution < 1.29 is 9.18 Å². The van der Waals surface area contributed by atoms with Gasteiger partial charge in [0.2, 0.25) is 5.91 Å². The molecule has 174 valence electrons. The molecule has 1 aliphatic heterocycles. The van der Waals surface area contributed by atoms with Gasteiger partial charge >= 0.3 is 0 Å². The first kappa shape index (κ1) is 22.2. The van der Waals surface area contributed by atoms with Gasteiger partial charge in [-0.15, -0.1) is 0 Å². The van der Waals surface area contributed by atoms with E-state index in [1.807, 2.05) is 16.9 Å². The topological polar surface area (TPSA) is 102 Å². The zero-order valence-electron chi connectivity index (χ0n) is 18.7. The van der Waals surface area contributed by atoms with Crippen LogP contribution in [0.15, 0.2) is 49.1 Å². The van der Waals surface area contributed by atoms with Crippen molar-refractivity contribution in [2.75, 3.05) is 26.4 Å². The molecule has 3 N–H and O–H groups in total. The highest BCUT2D eigenvalue weighted by Crippen LogP contribution is 2.33. The minimum atomic E-state index is -0.387. The lowest BCUT2D eigenvalue weighted by atomic mass is 10.0. The van der Waals surface area contributed by atoms with Gasteiger partial charge in [-0.2, -0.15) is 5.10 Å². The van der Waals surface area contributed by atoms with Crippen LogP contribution < -0.4 is 11.1 Å². The predicted octanol–water partition coefficient (Wildman–Crippen LogP) is 3.53. The molecule has 1 fully saturated rings. The third-order valence-electron chi connectivity index (χ3n) is 6.14. The molecule has 3 aromatic heterocycles. The van der Waals surface area contributed by atoms with E-state index in [1.165, 1.54) is 18.3 Å². The molecule has 8 nitrogen and oxygen atoms in total. The van der Waals surface area contributed by atoms with Gasteiger partial charge in [0.1, 0.15) is 11.6 Å². The highest BCUT2D eigenvalue weighted by molar-refractivity contribution is 6.35. The number of benzene rings is 1.